The zero-order chi connectivity index (χ0) is 13.2. The van der Waals surface area contributed by atoms with Crippen LogP contribution in [0, 0.1) is 18.3 Å². The van der Waals surface area contributed by atoms with E-state index in [4.69, 9.17) is 16.3 Å². The van der Waals surface area contributed by atoms with Crippen molar-refractivity contribution >= 4 is 0 Å². The molecule has 0 spiro atoms. The van der Waals surface area contributed by atoms with Gasteiger partial charge in [-0.25, -0.2) is 0 Å². The highest BCUT2D eigenvalue weighted by molar-refractivity contribution is 5.27. The molecule has 0 bridgehead atoms. The molecule has 0 fully saturated rings. The lowest BCUT2D eigenvalue weighted by atomic mass is 10.2. The van der Waals surface area contributed by atoms with E-state index < -0.39 is 0 Å². The lowest BCUT2D eigenvalue weighted by Gasteiger charge is -2.10. The summed E-state index contributed by atoms with van der Waals surface area (Å²) in [5.41, 5.74) is 1.20. The smallest absolute Gasteiger partial charge is 0.119 e. The highest BCUT2D eigenvalue weighted by atomic mass is 16.5. The van der Waals surface area contributed by atoms with Gasteiger partial charge in [-0.05, 0) is 23.6 Å². The van der Waals surface area contributed by atoms with Crippen LogP contribution in [0.4, 0.5) is 0 Å². The van der Waals surface area contributed by atoms with E-state index in [0.717, 1.165) is 18.8 Å². The summed E-state index contributed by atoms with van der Waals surface area (Å²) in [5, 5.41) is 12.2. The number of benzene rings is 1. The quantitative estimate of drug-likeness (QED) is 0.544. The van der Waals surface area contributed by atoms with Crippen molar-refractivity contribution in [3.05, 3.63) is 29.8 Å². The van der Waals surface area contributed by atoms with Gasteiger partial charge in [0.2, 0.25) is 0 Å². The highest BCUT2D eigenvalue weighted by Gasteiger charge is 1.99. The van der Waals surface area contributed by atoms with Crippen LogP contribution in [0.2, 0.25) is 0 Å². The topological polar surface area (TPSA) is 41.5 Å². The fraction of sp³-hybridized carbons (Fsp3) is 0.467. The maximum atomic E-state index is 8.90. The van der Waals surface area contributed by atoms with Gasteiger partial charge in [0.15, 0.2) is 0 Å². The Hall–Kier alpha value is -1.50. The van der Waals surface area contributed by atoms with Crippen LogP contribution in [0.3, 0.4) is 0 Å². The molecule has 1 unspecified atom stereocenters. The minimum Gasteiger partial charge on any atom is -0.493 e. The molecule has 0 aliphatic carbocycles. The molecule has 0 aromatic heterocycles. The summed E-state index contributed by atoms with van der Waals surface area (Å²) in [6.07, 6.45) is 5.78. The van der Waals surface area contributed by atoms with Crippen LogP contribution in [-0.4, -0.2) is 24.9 Å². The SMILES string of the molecule is C#CCCOc1ccc(CNCC(C)CO)cc1. The molecule has 2 N–H and O–H groups in total. The average molecular weight is 247 g/mol. The fourth-order valence-corrected chi connectivity index (χ4v) is 1.46. The van der Waals surface area contributed by atoms with Gasteiger partial charge in [0.25, 0.3) is 0 Å². The number of rotatable bonds is 8. The van der Waals surface area contributed by atoms with E-state index in [2.05, 4.69) is 11.2 Å². The first-order valence-corrected chi connectivity index (χ1v) is 6.23. The largest absolute Gasteiger partial charge is 0.493 e. The van der Waals surface area contributed by atoms with E-state index in [1.54, 1.807) is 0 Å². The minimum atomic E-state index is 0.217. The molecule has 0 saturated heterocycles. The molecular formula is C15H21NO2. The van der Waals surface area contributed by atoms with Gasteiger partial charge in [-0.3, -0.25) is 0 Å². The average Bonchev–Trinajstić information content (AvgIpc) is 2.40. The van der Waals surface area contributed by atoms with Gasteiger partial charge in [-0.2, -0.15) is 0 Å². The molecule has 1 aromatic carbocycles. The molecule has 1 rings (SSSR count). The molecule has 0 saturated carbocycles. The van der Waals surface area contributed by atoms with E-state index in [1.807, 2.05) is 31.2 Å². The first kappa shape index (κ1) is 14.6. The van der Waals surface area contributed by atoms with Crippen LogP contribution < -0.4 is 10.1 Å². The van der Waals surface area contributed by atoms with Gasteiger partial charge < -0.3 is 15.2 Å². The Kier molecular flexibility index (Phi) is 6.93. The molecule has 18 heavy (non-hydrogen) atoms. The zero-order valence-electron chi connectivity index (χ0n) is 10.9. The summed E-state index contributed by atoms with van der Waals surface area (Å²) < 4.78 is 5.47. The standard InChI is InChI=1S/C15H21NO2/c1-3-4-9-18-15-7-5-14(6-8-15)11-16-10-13(2)12-17/h1,5-8,13,16-17H,4,9-12H2,2H3. The molecule has 0 amide bonds. The van der Waals surface area contributed by atoms with Gasteiger partial charge in [-0.15, -0.1) is 12.3 Å². The van der Waals surface area contributed by atoms with Gasteiger partial charge in [0.05, 0.1) is 6.61 Å². The fourth-order valence-electron chi connectivity index (χ4n) is 1.46. The Morgan fingerprint density at radius 2 is 2.11 bits per heavy atom. The Morgan fingerprint density at radius 3 is 2.72 bits per heavy atom. The second-order valence-electron chi connectivity index (χ2n) is 4.37. The number of aliphatic hydroxyl groups is 1. The third kappa shape index (κ3) is 5.72. The Morgan fingerprint density at radius 1 is 1.39 bits per heavy atom. The van der Waals surface area contributed by atoms with Gasteiger partial charge in [0, 0.05) is 26.1 Å². The van der Waals surface area contributed by atoms with Crippen molar-refractivity contribution in [3.63, 3.8) is 0 Å². The van der Waals surface area contributed by atoms with E-state index in [1.165, 1.54) is 5.56 Å². The molecule has 3 nitrogen and oxygen atoms in total. The molecule has 98 valence electrons. The van der Waals surface area contributed by atoms with Gasteiger partial charge in [0.1, 0.15) is 5.75 Å². The van der Waals surface area contributed by atoms with Crippen LogP contribution >= 0.6 is 0 Å². The summed E-state index contributed by atoms with van der Waals surface area (Å²) in [7, 11) is 0. The van der Waals surface area contributed by atoms with Crippen molar-refractivity contribution in [1.29, 1.82) is 0 Å². The zero-order valence-corrected chi connectivity index (χ0v) is 10.9. The molecule has 1 aromatic rings. The van der Waals surface area contributed by atoms with Crippen molar-refractivity contribution < 1.29 is 9.84 Å². The minimum absolute atomic E-state index is 0.217. The molecule has 3 heteroatoms. The van der Waals surface area contributed by atoms with Crippen molar-refractivity contribution in [1.82, 2.24) is 5.32 Å². The number of nitrogens with one attached hydrogen (secondary N) is 1. The Labute approximate surface area is 109 Å². The normalized spacial score (nSPS) is 11.8. The lowest BCUT2D eigenvalue weighted by Crippen LogP contribution is -2.22. The molecule has 0 aliphatic rings. The summed E-state index contributed by atoms with van der Waals surface area (Å²) in [6, 6.07) is 7.95. The summed E-state index contributed by atoms with van der Waals surface area (Å²) in [5.74, 6) is 3.67. The van der Waals surface area contributed by atoms with Crippen LogP contribution in [0.5, 0.6) is 5.75 Å². The molecule has 0 heterocycles. The number of aliphatic hydroxyl groups excluding tert-OH is 1. The molecule has 0 aliphatic heterocycles. The third-order valence-electron chi connectivity index (χ3n) is 2.57. The number of terminal acetylenes is 1. The molecule has 0 radical (unpaired) electrons. The van der Waals surface area contributed by atoms with Crippen molar-refractivity contribution in [3.8, 4) is 18.1 Å². The maximum absolute atomic E-state index is 8.90. The monoisotopic (exact) mass is 247 g/mol. The lowest BCUT2D eigenvalue weighted by molar-refractivity contribution is 0.233. The highest BCUT2D eigenvalue weighted by Crippen LogP contribution is 2.12. The Bertz CT molecular complexity index is 367. The number of hydrogen-bond acceptors (Lipinski definition) is 3. The van der Waals surface area contributed by atoms with Crippen LogP contribution in [-0.2, 0) is 6.54 Å². The van der Waals surface area contributed by atoms with Gasteiger partial charge in [-0.1, -0.05) is 19.1 Å². The van der Waals surface area contributed by atoms with Crippen molar-refractivity contribution in [2.24, 2.45) is 5.92 Å². The maximum Gasteiger partial charge on any atom is 0.119 e. The summed E-state index contributed by atoms with van der Waals surface area (Å²) in [6.45, 7) is 4.40. The second-order valence-corrected chi connectivity index (χ2v) is 4.37. The van der Waals surface area contributed by atoms with E-state index in [0.29, 0.717) is 13.0 Å². The van der Waals surface area contributed by atoms with Crippen LogP contribution in [0.15, 0.2) is 24.3 Å². The number of hydrogen-bond donors (Lipinski definition) is 2. The number of ether oxygens (including phenoxy) is 1. The Balaban J connectivity index is 2.29. The first-order chi connectivity index (χ1) is 8.76. The van der Waals surface area contributed by atoms with E-state index >= 15 is 0 Å². The second kappa shape index (κ2) is 8.57. The summed E-state index contributed by atoms with van der Waals surface area (Å²) >= 11 is 0. The van der Waals surface area contributed by atoms with Crippen molar-refractivity contribution in [2.45, 2.75) is 19.9 Å². The van der Waals surface area contributed by atoms with Gasteiger partial charge >= 0.3 is 0 Å². The molecule has 1 atom stereocenters. The van der Waals surface area contributed by atoms with Crippen LogP contribution in [0.1, 0.15) is 18.9 Å². The predicted octanol–water partition coefficient (Wildman–Crippen LogP) is 1.81. The molecular weight excluding hydrogens is 226 g/mol. The van der Waals surface area contributed by atoms with E-state index in [-0.39, 0.29) is 12.5 Å². The predicted molar refractivity (Wildman–Crippen MR) is 73.3 cm³/mol. The van der Waals surface area contributed by atoms with E-state index in [9.17, 15) is 0 Å². The van der Waals surface area contributed by atoms with Crippen LogP contribution in [0.25, 0.3) is 0 Å². The third-order valence-corrected chi connectivity index (χ3v) is 2.57. The summed E-state index contributed by atoms with van der Waals surface area (Å²) in [4.78, 5) is 0. The first-order valence-electron chi connectivity index (χ1n) is 6.23. The van der Waals surface area contributed by atoms with Crippen molar-refractivity contribution in [2.75, 3.05) is 19.8 Å².